The van der Waals surface area contributed by atoms with E-state index in [1.165, 1.54) is 11.3 Å². The first-order chi connectivity index (χ1) is 13.0. The fraction of sp³-hybridized carbons (Fsp3) is 0.600. The van der Waals surface area contributed by atoms with Gasteiger partial charge in [-0.05, 0) is 31.4 Å². The average Bonchev–Trinajstić information content (AvgIpc) is 2.68. The maximum Gasteiger partial charge on any atom is 0.243 e. The van der Waals surface area contributed by atoms with Gasteiger partial charge in [-0.3, -0.25) is 4.79 Å². The Labute approximate surface area is 190 Å². The number of nitrogens with one attached hydrogen (secondary N) is 2. The topological polar surface area (TPSA) is 66.0 Å². The van der Waals surface area contributed by atoms with Crippen molar-refractivity contribution in [1.82, 2.24) is 15.5 Å². The van der Waals surface area contributed by atoms with Crippen LogP contribution < -0.4 is 10.6 Å². The molecule has 1 aromatic rings. The highest BCUT2D eigenvalue weighted by Gasteiger charge is 2.15. The van der Waals surface area contributed by atoms with Gasteiger partial charge >= 0.3 is 0 Å². The van der Waals surface area contributed by atoms with Gasteiger partial charge < -0.3 is 20.3 Å². The molecule has 158 valence electrons. The molecule has 28 heavy (non-hydrogen) atoms. The lowest BCUT2D eigenvalue weighted by atomic mass is 10.1. The summed E-state index contributed by atoms with van der Waals surface area (Å²) in [6.07, 6.45) is 3.63. The van der Waals surface area contributed by atoms with Crippen LogP contribution in [0.1, 0.15) is 26.2 Å². The molecule has 1 aliphatic heterocycles. The number of guanidine groups is 1. The predicted octanol–water partition coefficient (Wildman–Crippen LogP) is 2.98. The molecule has 0 spiro atoms. The molecular weight excluding hydrogens is 487 g/mol. The number of aliphatic imine (C=N–C) groups is 1. The lowest BCUT2D eigenvalue weighted by Crippen LogP contribution is -2.44. The fourth-order valence-corrected chi connectivity index (χ4v) is 3.60. The van der Waals surface area contributed by atoms with Crippen molar-refractivity contribution in [3.63, 3.8) is 0 Å². The summed E-state index contributed by atoms with van der Waals surface area (Å²) in [5, 5.41) is 7.07. The van der Waals surface area contributed by atoms with Gasteiger partial charge in [0.1, 0.15) is 6.54 Å². The summed E-state index contributed by atoms with van der Waals surface area (Å²) in [4.78, 5) is 19.1. The van der Waals surface area contributed by atoms with Crippen LogP contribution in [0.2, 0.25) is 0 Å². The summed E-state index contributed by atoms with van der Waals surface area (Å²) in [5.74, 6) is 0.650. The third-order valence-corrected chi connectivity index (χ3v) is 5.39. The molecule has 0 bridgehead atoms. The van der Waals surface area contributed by atoms with Gasteiger partial charge in [0.15, 0.2) is 5.96 Å². The summed E-state index contributed by atoms with van der Waals surface area (Å²) < 4.78 is 5.77. The van der Waals surface area contributed by atoms with E-state index in [0.29, 0.717) is 17.8 Å². The van der Waals surface area contributed by atoms with E-state index in [1.807, 2.05) is 30.0 Å². The molecule has 8 heteroatoms. The standard InChI is InChI=1S/C20H32N4O2S.HI/c1-16(27-18-10-5-4-6-11-18)13-21-20(23-15-19(25)24(2)3)22-14-17-9-7-8-12-26-17;/h4-6,10-11,16-17H,7-9,12-15H2,1-3H3,(H2,21,22,23);1H. The van der Waals surface area contributed by atoms with E-state index in [0.717, 1.165) is 26.0 Å². The summed E-state index contributed by atoms with van der Waals surface area (Å²) in [5.41, 5.74) is 0. The number of halogens is 1. The predicted molar refractivity (Wildman–Crippen MR) is 128 cm³/mol. The maximum absolute atomic E-state index is 11.9. The highest BCUT2D eigenvalue weighted by molar-refractivity contribution is 14.0. The molecular formula is C20H33IN4O2S. The maximum atomic E-state index is 11.9. The molecule has 1 fully saturated rings. The Balaban J connectivity index is 0.00000392. The molecule has 0 saturated carbocycles. The third-order valence-electron chi connectivity index (χ3n) is 4.28. The second-order valence-electron chi connectivity index (χ2n) is 6.94. The molecule has 1 heterocycles. The first-order valence-electron chi connectivity index (χ1n) is 9.60. The van der Waals surface area contributed by atoms with Crippen molar-refractivity contribution in [1.29, 1.82) is 0 Å². The van der Waals surface area contributed by atoms with Gasteiger partial charge in [0.05, 0.1) is 6.10 Å². The van der Waals surface area contributed by atoms with Crippen molar-refractivity contribution in [2.45, 2.75) is 42.4 Å². The van der Waals surface area contributed by atoms with Crippen LogP contribution in [-0.4, -0.2) is 68.5 Å². The Kier molecular flexibility index (Phi) is 12.6. The third kappa shape index (κ3) is 9.97. The van der Waals surface area contributed by atoms with Crippen LogP contribution in [-0.2, 0) is 9.53 Å². The van der Waals surface area contributed by atoms with Crippen LogP contribution in [0.25, 0.3) is 0 Å². The van der Waals surface area contributed by atoms with Crippen molar-refractivity contribution >= 4 is 47.6 Å². The van der Waals surface area contributed by atoms with Gasteiger partial charge in [-0.25, -0.2) is 4.99 Å². The molecule has 1 amide bonds. The Hall–Kier alpha value is -1.000. The highest BCUT2D eigenvalue weighted by Crippen LogP contribution is 2.21. The lowest BCUT2D eigenvalue weighted by molar-refractivity contribution is -0.127. The zero-order valence-electron chi connectivity index (χ0n) is 17.0. The number of thioether (sulfide) groups is 1. The van der Waals surface area contributed by atoms with Crippen LogP contribution in [0, 0.1) is 0 Å². The molecule has 0 aliphatic carbocycles. The molecule has 1 aromatic carbocycles. The minimum Gasteiger partial charge on any atom is -0.376 e. The number of ether oxygens (including phenoxy) is 1. The molecule has 1 aliphatic rings. The van der Waals surface area contributed by atoms with Crippen molar-refractivity contribution in [3.8, 4) is 0 Å². The van der Waals surface area contributed by atoms with Crippen LogP contribution in [0.5, 0.6) is 0 Å². The molecule has 0 aromatic heterocycles. The van der Waals surface area contributed by atoms with Gasteiger partial charge in [0, 0.05) is 43.9 Å². The largest absolute Gasteiger partial charge is 0.376 e. The van der Waals surface area contributed by atoms with Crippen molar-refractivity contribution < 1.29 is 9.53 Å². The van der Waals surface area contributed by atoms with E-state index in [2.05, 4.69) is 34.7 Å². The van der Waals surface area contributed by atoms with E-state index in [4.69, 9.17) is 4.74 Å². The number of rotatable bonds is 8. The van der Waals surface area contributed by atoms with Crippen LogP contribution in [0.3, 0.4) is 0 Å². The van der Waals surface area contributed by atoms with Gasteiger partial charge in [0.2, 0.25) is 5.91 Å². The molecule has 2 N–H and O–H groups in total. The Morgan fingerprint density at radius 2 is 2.04 bits per heavy atom. The Bertz CT molecular complexity index is 595. The minimum atomic E-state index is -0.0169. The monoisotopic (exact) mass is 520 g/mol. The van der Waals surface area contributed by atoms with Crippen LogP contribution in [0.4, 0.5) is 0 Å². The number of likely N-dealkylation sites (N-methyl/N-ethyl adjacent to an activating group) is 1. The number of benzene rings is 1. The number of hydrogen-bond donors (Lipinski definition) is 2. The van der Waals surface area contributed by atoms with Crippen molar-refractivity contribution in [2.24, 2.45) is 4.99 Å². The number of nitrogens with zero attached hydrogens (tertiary/aromatic N) is 2. The van der Waals surface area contributed by atoms with E-state index in [-0.39, 0.29) is 42.5 Å². The Morgan fingerprint density at radius 1 is 1.29 bits per heavy atom. The minimum absolute atomic E-state index is 0. The lowest BCUT2D eigenvalue weighted by Gasteiger charge is -2.24. The summed E-state index contributed by atoms with van der Waals surface area (Å²) >= 11 is 1.82. The fourth-order valence-electron chi connectivity index (χ4n) is 2.65. The number of amides is 1. The molecule has 2 rings (SSSR count). The molecule has 0 radical (unpaired) electrons. The first-order valence-corrected chi connectivity index (χ1v) is 10.5. The van der Waals surface area contributed by atoms with Gasteiger partial charge in [-0.15, -0.1) is 35.7 Å². The zero-order valence-corrected chi connectivity index (χ0v) is 20.2. The summed E-state index contributed by atoms with van der Waals surface area (Å²) in [6, 6.07) is 10.4. The van der Waals surface area contributed by atoms with E-state index >= 15 is 0 Å². The SMILES string of the molecule is CC(CNC(=NCC(=O)N(C)C)NCC1CCCCO1)Sc1ccccc1.I. The average molecular weight is 520 g/mol. The number of hydrogen-bond acceptors (Lipinski definition) is 4. The summed E-state index contributed by atoms with van der Waals surface area (Å²) in [6.45, 7) is 4.61. The second-order valence-corrected chi connectivity index (χ2v) is 8.46. The van der Waals surface area contributed by atoms with E-state index in [1.54, 1.807) is 19.0 Å². The van der Waals surface area contributed by atoms with Gasteiger partial charge in [-0.2, -0.15) is 0 Å². The van der Waals surface area contributed by atoms with Gasteiger partial charge in [0.25, 0.3) is 0 Å². The second kappa shape index (κ2) is 14.1. The smallest absolute Gasteiger partial charge is 0.243 e. The molecule has 6 nitrogen and oxygen atoms in total. The quantitative estimate of drug-likeness (QED) is 0.239. The first kappa shape index (κ1) is 25.0. The van der Waals surface area contributed by atoms with Crippen LogP contribution in [0.15, 0.2) is 40.2 Å². The molecule has 2 unspecified atom stereocenters. The number of carbonyl (C=O) groups excluding carboxylic acids is 1. The zero-order chi connectivity index (χ0) is 19.5. The van der Waals surface area contributed by atoms with Crippen molar-refractivity contribution in [2.75, 3.05) is 40.3 Å². The van der Waals surface area contributed by atoms with E-state index < -0.39 is 0 Å². The summed E-state index contributed by atoms with van der Waals surface area (Å²) in [7, 11) is 3.49. The normalized spacial score (nSPS) is 18.0. The number of carbonyl (C=O) groups is 1. The molecule has 1 saturated heterocycles. The van der Waals surface area contributed by atoms with E-state index in [9.17, 15) is 4.79 Å². The highest BCUT2D eigenvalue weighted by atomic mass is 127. The van der Waals surface area contributed by atoms with Gasteiger partial charge in [-0.1, -0.05) is 25.1 Å². The Morgan fingerprint density at radius 3 is 2.68 bits per heavy atom. The van der Waals surface area contributed by atoms with Crippen LogP contribution >= 0.6 is 35.7 Å². The molecule has 2 atom stereocenters. The van der Waals surface area contributed by atoms with Crippen molar-refractivity contribution in [3.05, 3.63) is 30.3 Å².